The van der Waals surface area contributed by atoms with E-state index in [1.54, 1.807) is 19.4 Å². The van der Waals surface area contributed by atoms with Crippen molar-refractivity contribution in [3.05, 3.63) is 53.6 Å². The summed E-state index contributed by atoms with van der Waals surface area (Å²) >= 11 is 6.06. The minimum Gasteiger partial charge on any atom is -0.377 e. The highest BCUT2D eigenvalue weighted by molar-refractivity contribution is 6.29. The predicted octanol–water partition coefficient (Wildman–Crippen LogP) is 3.49. The Kier molecular flexibility index (Phi) is 3.58. The van der Waals surface area contributed by atoms with Gasteiger partial charge in [-0.05, 0) is 12.1 Å². The van der Waals surface area contributed by atoms with Gasteiger partial charge in [-0.2, -0.15) is 0 Å². The molecule has 0 aliphatic rings. The Morgan fingerprint density at radius 3 is 2.90 bits per heavy atom. The largest absolute Gasteiger partial charge is 0.377 e. The number of hydrogen-bond donors (Lipinski definition) is 0. The summed E-state index contributed by atoms with van der Waals surface area (Å²) in [6.07, 6.45) is 1.77. The lowest BCUT2D eigenvalue weighted by Gasteiger charge is -2.07. The van der Waals surface area contributed by atoms with Gasteiger partial charge in [0.25, 0.3) is 0 Å². The molecule has 0 atom stereocenters. The lowest BCUT2D eigenvalue weighted by atomic mass is 10.1. The molecule has 3 aromatic rings. The number of ether oxygens (including phenoxy) is 1. The Morgan fingerprint density at radius 2 is 2.05 bits per heavy atom. The molecular weight excluding hydrogens is 274 g/mol. The van der Waals surface area contributed by atoms with Gasteiger partial charge in [0.1, 0.15) is 11.8 Å². The fourth-order valence-corrected chi connectivity index (χ4v) is 2.32. The van der Waals surface area contributed by atoms with Crippen LogP contribution < -0.4 is 0 Å². The summed E-state index contributed by atoms with van der Waals surface area (Å²) in [5.41, 5.74) is 2.68. The second-order valence-electron chi connectivity index (χ2n) is 4.30. The lowest BCUT2D eigenvalue weighted by molar-refractivity contribution is 0.178. The second-order valence-corrected chi connectivity index (χ2v) is 4.69. The number of aromatic nitrogens is 3. The van der Waals surface area contributed by atoms with E-state index in [9.17, 15) is 0 Å². The van der Waals surface area contributed by atoms with Crippen molar-refractivity contribution >= 4 is 22.5 Å². The van der Waals surface area contributed by atoms with Gasteiger partial charge >= 0.3 is 0 Å². The van der Waals surface area contributed by atoms with E-state index in [-0.39, 0.29) is 0 Å². The Morgan fingerprint density at radius 1 is 1.15 bits per heavy atom. The summed E-state index contributed by atoms with van der Waals surface area (Å²) in [6, 6.07) is 11.6. The number of halogens is 1. The topological polar surface area (TPSA) is 47.9 Å². The predicted molar refractivity (Wildman–Crippen MR) is 78.5 cm³/mol. The van der Waals surface area contributed by atoms with E-state index in [4.69, 9.17) is 16.3 Å². The zero-order chi connectivity index (χ0) is 13.9. The van der Waals surface area contributed by atoms with E-state index in [2.05, 4.69) is 15.0 Å². The van der Waals surface area contributed by atoms with E-state index < -0.39 is 0 Å². The molecule has 3 rings (SSSR count). The molecule has 0 spiro atoms. The molecule has 20 heavy (non-hydrogen) atoms. The van der Waals surface area contributed by atoms with Crippen LogP contribution in [-0.2, 0) is 11.3 Å². The summed E-state index contributed by atoms with van der Waals surface area (Å²) in [7, 11) is 1.60. The Balaban J connectivity index is 2.20. The average molecular weight is 286 g/mol. The smallest absolute Gasteiger partial charge is 0.156 e. The van der Waals surface area contributed by atoms with Gasteiger partial charge in [0.2, 0.25) is 0 Å². The van der Waals surface area contributed by atoms with Gasteiger partial charge in [0.05, 0.1) is 11.2 Å². The molecular formula is C15H12ClN3O. The molecule has 0 aliphatic carbocycles. The van der Waals surface area contributed by atoms with E-state index in [0.717, 1.165) is 22.2 Å². The van der Waals surface area contributed by atoms with Crippen LogP contribution >= 0.6 is 11.6 Å². The molecule has 100 valence electrons. The van der Waals surface area contributed by atoms with Crippen molar-refractivity contribution in [2.75, 3.05) is 7.11 Å². The zero-order valence-corrected chi connectivity index (χ0v) is 11.6. The van der Waals surface area contributed by atoms with Crippen molar-refractivity contribution in [1.29, 1.82) is 0 Å². The maximum Gasteiger partial charge on any atom is 0.156 e. The molecule has 0 unspecified atom stereocenters. The molecule has 2 heterocycles. The van der Waals surface area contributed by atoms with Crippen molar-refractivity contribution in [1.82, 2.24) is 15.0 Å². The van der Waals surface area contributed by atoms with Crippen LogP contribution in [0.2, 0.25) is 5.15 Å². The zero-order valence-electron chi connectivity index (χ0n) is 10.9. The molecule has 0 fully saturated rings. The number of pyridine rings is 1. The molecule has 1 aromatic carbocycles. The van der Waals surface area contributed by atoms with Crippen molar-refractivity contribution in [2.24, 2.45) is 0 Å². The Labute approximate surface area is 121 Å². The van der Waals surface area contributed by atoms with Crippen LogP contribution in [0.15, 0.2) is 42.6 Å². The first-order valence-corrected chi connectivity index (χ1v) is 6.52. The van der Waals surface area contributed by atoms with E-state index >= 15 is 0 Å². The number of methoxy groups -OCH3 is 1. The summed E-state index contributed by atoms with van der Waals surface area (Å²) < 4.78 is 5.07. The van der Waals surface area contributed by atoms with E-state index in [1.807, 2.05) is 30.3 Å². The summed E-state index contributed by atoms with van der Waals surface area (Å²) in [5.74, 6) is 0.566. The van der Waals surface area contributed by atoms with Crippen molar-refractivity contribution in [3.63, 3.8) is 0 Å². The first-order chi connectivity index (χ1) is 9.78. The van der Waals surface area contributed by atoms with Crippen LogP contribution in [0.1, 0.15) is 5.82 Å². The van der Waals surface area contributed by atoms with Gasteiger partial charge in [-0.1, -0.05) is 29.8 Å². The molecule has 0 amide bonds. The molecule has 0 bridgehead atoms. The summed E-state index contributed by atoms with van der Waals surface area (Å²) in [5, 5.41) is 1.44. The maximum absolute atomic E-state index is 6.06. The van der Waals surface area contributed by atoms with Crippen LogP contribution in [0.4, 0.5) is 0 Å². The maximum atomic E-state index is 6.06. The van der Waals surface area contributed by atoms with Crippen LogP contribution in [0.5, 0.6) is 0 Å². The third-order valence-corrected chi connectivity index (χ3v) is 3.13. The van der Waals surface area contributed by atoms with Crippen molar-refractivity contribution in [3.8, 4) is 11.3 Å². The van der Waals surface area contributed by atoms with Crippen LogP contribution in [0.25, 0.3) is 22.2 Å². The number of fused-ring (bicyclic) bond motifs is 1. The van der Waals surface area contributed by atoms with Crippen molar-refractivity contribution in [2.45, 2.75) is 6.61 Å². The molecule has 0 saturated carbocycles. The van der Waals surface area contributed by atoms with Gasteiger partial charge in [-0.25, -0.2) is 9.97 Å². The van der Waals surface area contributed by atoms with Gasteiger partial charge in [0.15, 0.2) is 5.82 Å². The average Bonchev–Trinajstić information content (AvgIpc) is 2.46. The second kappa shape index (κ2) is 5.53. The molecule has 0 saturated heterocycles. The normalized spacial score (nSPS) is 10.9. The summed E-state index contributed by atoms with van der Waals surface area (Å²) in [4.78, 5) is 13.0. The van der Waals surface area contributed by atoms with Crippen LogP contribution in [-0.4, -0.2) is 22.1 Å². The third-order valence-electron chi connectivity index (χ3n) is 2.94. The number of benzene rings is 1. The fourth-order valence-electron chi connectivity index (χ4n) is 2.12. The van der Waals surface area contributed by atoms with Crippen molar-refractivity contribution < 1.29 is 4.74 Å². The highest BCUT2D eigenvalue weighted by Crippen LogP contribution is 2.27. The van der Waals surface area contributed by atoms with Gasteiger partial charge in [-0.15, -0.1) is 0 Å². The molecule has 5 heteroatoms. The first kappa shape index (κ1) is 13.0. The van der Waals surface area contributed by atoms with E-state index in [0.29, 0.717) is 17.6 Å². The molecule has 0 radical (unpaired) electrons. The summed E-state index contributed by atoms with van der Waals surface area (Å²) in [6.45, 7) is 0.330. The minimum absolute atomic E-state index is 0.330. The van der Waals surface area contributed by atoms with Crippen LogP contribution in [0.3, 0.4) is 0 Å². The number of hydrogen-bond acceptors (Lipinski definition) is 4. The minimum atomic E-state index is 0.330. The molecule has 4 nitrogen and oxygen atoms in total. The van der Waals surface area contributed by atoms with E-state index in [1.165, 1.54) is 0 Å². The Hall–Kier alpha value is -2.04. The molecule has 0 aliphatic heterocycles. The lowest BCUT2D eigenvalue weighted by Crippen LogP contribution is -1.99. The highest BCUT2D eigenvalue weighted by atomic mass is 35.5. The SMILES string of the molecule is COCc1nc(Cl)cc(-c2cccc3ncccc23)n1. The van der Waals surface area contributed by atoms with Gasteiger partial charge in [-0.3, -0.25) is 4.98 Å². The van der Waals surface area contributed by atoms with Crippen LogP contribution in [0, 0.1) is 0 Å². The quantitative estimate of drug-likeness (QED) is 0.691. The standard InChI is InChI=1S/C15H12ClN3O/c1-20-9-15-18-13(8-14(16)19-15)11-4-2-6-12-10(11)5-3-7-17-12/h2-8H,9H2,1H3. The fraction of sp³-hybridized carbons (Fsp3) is 0.133. The highest BCUT2D eigenvalue weighted by Gasteiger charge is 2.09. The first-order valence-electron chi connectivity index (χ1n) is 6.14. The van der Waals surface area contributed by atoms with Gasteiger partial charge in [0, 0.05) is 30.3 Å². The third kappa shape index (κ3) is 2.48. The van der Waals surface area contributed by atoms with Gasteiger partial charge < -0.3 is 4.74 Å². The molecule has 0 N–H and O–H groups in total. The number of nitrogens with zero attached hydrogens (tertiary/aromatic N) is 3. The monoisotopic (exact) mass is 285 g/mol. The molecule has 2 aromatic heterocycles. The Bertz CT molecular complexity index is 756. The number of rotatable bonds is 3.